The van der Waals surface area contributed by atoms with Gasteiger partial charge in [-0.2, -0.15) is 0 Å². The summed E-state index contributed by atoms with van der Waals surface area (Å²) < 4.78 is 3.62. The lowest BCUT2D eigenvalue weighted by molar-refractivity contribution is 0.220. The lowest BCUT2D eigenvalue weighted by atomic mass is 9.94. The highest BCUT2D eigenvalue weighted by Gasteiger charge is 2.31. The molecular weight excluding hydrogens is 288 g/mol. The maximum atomic E-state index is 3.59. The number of benzene rings is 1. The van der Waals surface area contributed by atoms with Crippen LogP contribution >= 0.6 is 15.9 Å². The minimum absolute atomic E-state index is 0.773. The number of piperidine rings is 1. The Morgan fingerprint density at radius 2 is 2.00 bits per heavy atom. The Hall–Kier alpha value is -0.800. The van der Waals surface area contributed by atoms with E-state index >= 15 is 0 Å². The Morgan fingerprint density at radius 3 is 2.78 bits per heavy atom. The number of rotatable bonds is 0. The first-order chi connectivity index (χ1) is 8.74. The molecule has 1 fully saturated rings. The molecule has 1 saturated heterocycles. The summed E-state index contributed by atoms with van der Waals surface area (Å²) in [5, 5.41) is 1.45. The first-order valence-corrected chi connectivity index (χ1v) is 7.52. The third kappa shape index (κ3) is 1.44. The van der Waals surface area contributed by atoms with E-state index in [-0.39, 0.29) is 0 Å². The fourth-order valence-electron chi connectivity index (χ4n) is 3.78. The van der Waals surface area contributed by atoms with Crippen LogP contribution in [0.5, 0.6) is 0 Å². The van der Waals surface area contributed by atoms with Crippen LogP contribution < -0.4 is 0 Å². The normalized spacial score (nSPS) is 26.3. The fourth-order valence-corrected chi connectivity index (χ4v) is 4.13. The number of aromatic nitrogens is 1. The van der Waals surface area contributed by atoms with E-state index in [9.17, 15) is 0 Å². The van der Waals surface area contributed by atoms with E-state index in [2.05, 4.69) is 50.6 Å². The second-order valence-electron chi connectivity index (χ2n) is 5.63. The van der Waals surface area contributed by atoms with E-state index in [1.807, 2.05) is 0 Å². The third-order valence-electron chi connectivity index (χ3n) is 4.67. The molecule has 0 atom stereocenters. The molecule has 0 aliphatic carbocycles. The van der Waals surface area contributed by atoms with Crippen LogP contribution in [0.4, 0.5) is 0 Å². The van der Waals surface area contributed by atoms with Gasteiger partial charge in [0.25, 0.3) is 0 Å². The van der Waals surface area contributed by atoms with Crippen molar-refractivity contribution in [3.05, 3.63) is 33.9 Å². The SMILES string of the molecule is Cn1c2c(c3ccc(Br)cc31)CN1CCC2CC1. The van der Waals surface area contributed by atoms with Gasteiger partial charge in [0, 0.05) is 40.6 Å². The minimum Gasteiger partial charge on any atom is -0.347 e. The lowest BCUT2D eigenvalue weighted by Gasteiger charge is -2.27. The van der Waals surface area contributed by atoms with Gasteiger partial charge in [0.2, 0.25) is 0 Å². The molecule has 3 aliphatic heterocycles. The Balaban J connectivity index is 2.05. The molecule has 0 spiro atoms. The first-order valence-electron chi connectivity index (χ1n) is 6.73. The van der Waals surface area contributed by atoms with Gasteiger partial charge in [0.1, 0.15) is 0 Å². The van der Waals surface area contributed by atoms with Crippen molar-refractivity contribution in [1.82, 2.24) is 9.47 Å². The molecule has 2 bridgehead atoms. The van der Waals surface area contributed by atoms with E-state index < -0.39 is 0 Å². The van der Waals surface area contributed by atoms with Crippen LogP contribution in [0.1, 0.15) is 30.0 Å². The highest BCUT2D eigenvalue weighted by Crippen LogP contribution is 2.40. The number of halogens is 1. The number of hydrogen-bond donors (Lipinski definition) is 0. The minimum atomic E-state index is 0.773. The molecule has 4 heterocycles. The van der Waals surface area contributed by atoms with Crippen molar-refractivity contribution in [3.8, 4) is 0 Å². The summed E-state index contributed by atoms with van der Waals surface area (Å²) in [4.78, 5) is 2.61. The summed E-state index contributed by atoms with van der Waals surface area (Å²) in [6.45, 7) is 3.69. The quantitative estimate of drug-likeness (QED) is 0.721. The van der Waals surface area contributed by atoms with Crippen LogP contribution in [-0.4, -0.2) is 22.6 Å². The van der Waals surface area contributed by atoms with Crippen molar-refractivity contribution in [1.29, 1.82) is 0 Å². The molecule has 0 amide bonds. The van der Waals surface area contributed by atoms with Gasteiger partial charge < -0.3 is 4.57 Å². The van der Waals surface area contributed by atoms with Gasteiger partial charge in [-0.3, -0.25) is 4.90 Å². The predicted molar refractivity (Wildman–Crippen MR) is 77.9 cm³/mol. The zero-order valence-electron chi connectivity index (χ0n) is 10.6. The van der Waals surface area contributed by atoms with E-state index in [1.54, 1.807) is 11.3 Å². The Labute approximate surface area is 116 Å². The molecule has 1 aromatic heterocycles. The highest BCUT2D eigenvalue weighted by molar-refractivity contribution is 9.10. The van der Waals surface area contributed by atoms with Gasteiger partial charge in [-0.05, 0) is 43.6 Å². The second-order valence-corrected chi connectivity index (χ2v) is 6.55. The van der Waals surface area contributed by atoms with Crippen LogP contribution in [-0.2, 0) is 13.6 Å². The number of fused-ring (bicyclic) bond motifs is 3. The first kappa shape index (κ1) is 11.1. The van der Waals surface area contributed by atoms with E-state index in [4.69, 9.17) is 0 Å². The fraction of sp³-hybridized carbons (Fsp3) is 0.467. The Morgan fingerprint density at radius 1 is 1.22 bits per heavy atom. The van der Waals surface area contributed by atoms with E-state index in [0.717, 1.165) is 12.5 Å². The summed E-state index contributed by atoms with van der Waals surface area (Å²) in [6.07, 6.45) is 2.66. The highest BCUT2D eigenvalue weighted by atomic mass is 79.9. The molecule has 0 N–H and O–H groups in total. The van der Waals surface area contributed by atoms with Crippen molar-refractivity contribution in [2.24, 2.45) is 7.05 Å². The smallest absolute Gasteiger partial charge is 0.0494 e. The van der Waals surface area contributed by atoms with Crippen molar-refractivity contribution < 1.29 is 0 Å². The van der Waals surface area contributed by atoms with Crippen molar-refractivity contribution in [2.45, 2.75) is 25.3 Å². The summed E-state index contributed by atoms with van der Waals surface area (Å²) in [6, 6.07) is 6.71. The van der Waals surface area contributed by atoms with Gasteiger partial charge in [-0.15, -0.1) is 0 Å². The van der Waals surface area contributed by atoms with Crippen LogP contribution in [0.25, 0.3) is 10.9 Å². The maximum Gasteiger partial charge on any atom is 0.0494 e. The molecule has 0 unspecified atom stereocenters. The van der Waals surface area contributed by atoms with Crippen molar-refractivity contribution in [3.63, 3.8) is 0 Å². The molecule has 2 aromatic rings. The van der Waals surface area contributed by atoms with Crippen LogP contribution in [0.3, 0.4) is 0 Å². The molecule has 3 heteroatoms. The van der Waals surface area contributed by atoms with Crippen molar-refractivity contribution >= 4 is 26.8 Å². The van der Waals surface area contributed by atoms with E-state index in [0.29, 0.717) is 0 Å². The van der Waals surface area contributed by atoms with Gasteiger partial charge in [0.15, 0.2) is 0 Å². The number of aryl methyl sites for hydroxylation is 1. The largest absolute Gasteiger partial charge is 0.347 e. The van der Waals surface area contributed by atoms with Gasteiger partial charge in [-0.1, -0.05) is 22.0 Å². The summed E-state index contributed by atoms with van der Waals surface area (Å²) in [7, 11) is 2.24. The lowest BCUT2D eigenvalue weighted by Crippen LogP contribution is -2.29. The molecule has 94 valence electrons. The Bertz CT molecular complexity index is 621. The maximum absolute atomic E-state index is 3.59. The molecule has 5 rings (SSSR count). The van der Waals surface area contributed by atoms with Crippen LogP contribution in [0, 0.1) is 0 Å². The molecule has 1 aromatic carbocycles. The average Bonchev–Trinajstić information content (AvgIpc) is 2.56. The summed E-state index contributed by atoms with van der Waals surface area (Å²) in [5.74, 6) is 0.773. The monoisotopic (exact) mass is 304 g/mol. The van der Waals surface area contributed by atoms with Crippen LogP contribution in [0.15, 0.2) is 22.7 Å². The average molecular weight is 305 g/mol. The summed E-state index contributed by atoms with van der Waals surface area (Å²) in [5.41, 5.74) is 4.56. The molecule has 0 radical (unpaired) electrons. The number of hydrogen-bond acceptors (Lipinski definition) is 1. The predicted octanol–water partition coefficient (Wildman–Crippen LogP) is 3.63. The summed E-state index contributed by atoms with van der Waals surface area (Å²) >= 11 is 3.59. The standard InChI is InChI=1S/C15H17BrN2/c1-17-14-8-11(16)2-3-12(14)13-9-18-6-4-10(5-7-18)15(13)17/h2-3,8,10H,4-7,9H2,1H3. The molecule has 3 aliphatic rings. The van der Waals surface area contributed by atoms with Gasteiger partial charge >= 0.3 is 0 Å². The zero-order chi connectivity index (χ0) is 12.3. The van der Waals surface area contributed by atoms with Gasteiger partial charge in [0.05, 0.1) is 0 Å². The number of nitrogens with zero attached hydrogens (tertiary/aromatic N) is 2. The molecule has 0 saturated carbocycles. The third-order valence-corrected chi connectivity index (χ3v) is 5.17. The second kappa shape index (κ2) is 3.84. The zero-order valence-corrected chi connectivity index (χ0v) is 12.2. The molecular formula is C15H17BrN2. The topological polar surface area (TPSA) is 8.17 Å². The van der Waals surface area contributed by atoms with Crippen molar-refractivity contribution in [2.75, 3.05) is 13.1 Å². The van der Waals surface area contributed by atoms with Gasteiger partial charge in [-0.25, -0.2) is 0 Å². The Kier molecular flexibility index (Phi) is 2.36. The van der Waals surface area contributed by atoms with Crippen LogP contribution in [0.2, 0.25) is 0 Å². The molecule has 18 heavy (non-hydrogen) atoms. The van der Waals surface area contributed by atoms with E-state index in [1.165, 1.54) is 41.3 Å². The molecule has 2 nitrogen and oxygen atoms in total.